The van der Waals surface area contributed by atoms with E-state index in [1.807, 2.05) is 26.0 Å². The lowest BCUT2D eigenvalue weighted by molar-refractivity contribution is 0.390. The Labute approximate surface area is 169 Å². The Hall–Kier alpha value is -2.74. The van der Waals surface area contributed by atoms with E-state index in [-0.39, 0.29) is 0 Å². The second-order valence-corrected chi connectivity index (χ2v) is 7.01. The van der Waals surface area contributed by atoms with Crippen molar-refractivity contribution >= 4 is 0 Å². The molecule has 2 nitrogen and oxygen atoms in total. The summed E-state index contributed by atoms with van der Waals surface area (Å²) in [6.07, 6.45) is 20.5. The standard InChI is InChI=1S/C26H30O2/c1-5-9-13-19-15-21-17-22-16-20(14-10-6-2)24(12-8-4)28-26(22)18-25(21)27-23(19)11-7-3/h5-6,9-14,17-18H,7-8,15-16H2,1-4H3/b9-5-,10-6-,19-13-,20-14-,23-11+,24-12+. The summed E-state index contributed by atoms with van der Waals surface area (Å²) in [5.74, 6) is 3.74. The van der Waals surface area contributed by atoms with Crippen molar-refractivity contribution in [3.63, 3.8) is 0 Å². The van der Waals surface area contributed by atoms with Gasteiger partial charge in [-0.3, -0.25) is 0 Å². The molecule has 3 rings (SSSR count). The molecule has 0 unspecified atom stereocenters. The van der Waals surface area contributed by atoms with E-state index < -0.39 is 0 Å². The molecule has 1 aromatic rings. The van der Waals surface area contributed by atoms with Gasteiger partial charge in [-0.25, -0.2) is 0 Å². The van der Waals surface area contributed by atoms with Crippen molar-refractivity contribution in [1.29, 1.82) is 0 Å². The Morgan fingerprint density at radius 3 is 1.61 bits per heavy atom. The lowest BCUT2D eigenvalue weighted by Gasteiger charge is -2.28. The molecule has 0 saturated carbocycles. The Morgan fingerprint density at radius 1 is 0.750 bits per heavy atom. The summed E-state index contributed by atoms with van der Waals surface area (Å²) in [6.45, 7) is 8.34. The molecule has 0 amide bonds. The van der Waals surface area contributed by atoms with Crippen LogP contribution < -0.4 is 9.47 Å². The van der Waals surface area contributed by atoms with Gasteiger partial charge in [0.2, 0.25) is 0 Å². The van der Waals surface area contributed by atoms with Gasteiger partial charge >= 0.3 is 0 Å². The topological polar surface area (TPSA) is 18.5 Å². The van der Waals surface area contributed by atoms with E-state index in [2.05, 4.69) is 62.4 Å². The second kappa shape index (κ2) is 9.45. The molecule has 0 aromatic heterocycles. The number of allylic oxidation sites excluding steroid dienone is 10. The van der Waals surface area contributed by atoms with Crippen LogP contribution in [0.2, 0.25) is 0 Å². The van der Waals surface area contributed by atoms with Crippen LogP contribution in [0.1, 0.15) is 51.7 Å². The first-order valence-corrected chi connectivity index (χ1v) is 10.3. The van der Waals surface area contributed by atoms with E-state index in [0.29, 0.717) is 0 Å². The molecular weight excluding hydrogens is 344 g/mol. The first-order chi connectivity index (χ1) is 13.7. The fourth-order valence-corrected chi connectivity index (χ4v) is 3.50. The van der Waals surface area contributed by atoms with E-state index >= 15 is 0 Å². The highest BCUT2D eigenvalue weighted by molar-refractivity contribution is 5.57. The summed E-state index contributed by atoms with van der Waals surface area (Å²) in [5, 5.41) is 0. The van der Waals surface area contributed by atoms with Crippen LogP contribution in [0.25, 0.3) is 0 Å². The first-order valence-electron chi connectivity index (χ1n) is 10.3. The van der Waals surface area contributed by atoms with Gasteiger partial charge in [0.1, 0.15) is 23.0 Å². The van der Waals surface area contributed by atoms with Gasteiger partial charge in [-0.05, 0) is 67.2 Å². The maximum Gasteiger partial charge on any atom is 0.134 e. The number of rotatable bonds is 4. The van der Waals surface area contributed by atoms with Crippen LogP contribution in [0.3, 0.4) is 0 Å². The number of hydrogen-bond acceptors (Lipinski definition) is 2. The zero-order valence-corrected chi connectivity index (χ0v) is 17.4. The molecule has 0 spiro atoms. The largest absolute Gasteiger partial charge is 0.457 e. The van der Waals surface area contributed by atoms with Crippen LogP contribution in [-0.4, -0.2) is 0 Å². The van der Waals surface area contributed by atoms with Gasteiger partial charge < -0.3 is 9.47 Å². The van der Waals surface area contributed by atoms with Crippen molar-refractivity contribution in [3.05, 3.63) is 94.5 Å². The molecule has 2 heteroatoms. The van der Waals surface area contributed by atoms with Crippen LogP contribution >= 0.6 is 0 Å². The predicted molar refractivity (Wildman–Crippen MR) is 118 cm³/mol. The van der Waals surface area contributed by atoms with E-state index in [0.717, 1.165) is 48.7 Å². The van der Waals surface area contributed by atoms with Crippen molar-refractivity contribution in [2.24, 2.45) is 0 Å². The maximum atomic E-state index is 6.27. The highest BCUT2D eigenvalue weighted by Crippen LogP contribution is 2.41. The quantitative estimate of drug-likeness (QED) is 0.557. The molecule has 2 aliphatic heterocycles. The molecular formula is C26H30O2. The fourth-order valence-electron chi connectivity index (χ4n) is 3.50. The van der Waals surface area contributed by atoms with Crippen LogP contribution in [0.5, 0.6) is 11.5 Å². The molecule has 0 aliphatic carbocycles. The van der Waals surface area contributed by atoms with E-state index in [1.54, 1.807) is 0 Å². The molecule has 2 aliphatic rings. The number of benzene rings is 1. The molecule has 146 valence electrons. The number of hydrogen-bond donors (Lipinski definition) is 0. The summed E-state index contributed by atoms with van der Waals surface area (Å²) in [5.41, 5.74) is 4.89. The van der Waals surface area contributed by atoms with Gasteiger partial charge in [-0.1, -0.05) is 50.3 Å². The smallest absolute Gasteiger partial charge is 0.134 e. The van der Waals surface area contributed by atoms with Gasteiger partial charge in [0.15, 0.2) is 0 Å². The zero-order chi connectivity index (χ0) is 19.9. The average molecular weight is 375 g/mol. The third-order valence-corrected chi connectivity index (χ3v) is 4.84. The predicted octanol–water partition coefficient (Wildman–Crippen LogP) is 7.15. The van der Waals surface area contributed by atoms with Gasteiger partial charge in [-0.2, -0.15) is 0 Å². The minimum absolute atomic E-state index is 0.879. The molecule has 2 heterocycles. The molecule has 0 bridgehead atoms. The van der Waals surface area contributed by atoms with Crippen molar-refractivity contribution < 1.29 is 9.47 Å². The highest BCUT2D eigenvalue weighted by Gasteiger charge is 2.25. The summed E-state index contributed by atoms with van der Waals surface area (Å²) in [6, 6.07) is 4.32. The third-order valence-electron chi connectivity index (χ3n) is 4.84. The summed E-state index contributed by atoms with van der Waals surface area (Å²) >= 11 is 0. The molecule has 0 radical (unpaired) electrons. The summed E-state index contributed by atoms with van der Waals surface area (Å²) in [4.78, 5) is 0. The molecule has 0 saturated heterocycles. The maximum absolute atomic E-state index is 6.27. The monoisotopic (exact) mass is 374 g/mol. The summed E-state index contributed by atoms with van der Waals surface area (Å²) in [7, 11) is 0. The average Bonchev–Trinajstić information content (AvgIpc) is 2.70. The Bertz CT molecular complexity index is 833. The van der Waals surface area contributed by atoms with E-state index in [4.69, 9.17) is 9.47 Å². The van der Waals surface area contributed by atoms with Gasteiger partial charge in [0.25, 0.3) is 0 Å². The lowest BCUT2D eigenvalue weighted by atomic mass is 9.92. The molecule has 28 heavy (non-hydrogen) atoms. The van der Waals surface area contributed by atoms with Crippen molar-refractivity contribution in [2.75, 3.05) is 0 Å². The molecule has 0 fully saturated rings. The van der Waals surface area contributed by atoms with Crippen LogP contribution in [0.15, 0.2) is 83.4 Å². The van der Waals surface area contributed by atoms with E-state index in [1.165, 1.54) is 22.3 Å². The molecule has 0 N–H and O–H groups in total. The lowest BCUT2D eigenvalue weighted by Crippen LogP contribution is -2.15. The first kappa shape index (κ1) is 20.0. The zero-order valence-electron chi connectivity index (χ0n) is 17.4. The SMILES string of the molecule is C\C=C/C=C1/Cc2cc3c(cc2O/C1=C/CC)OC(=C/CC)/C(=C\C=C/C)C3. The van der Waals surface area contributed by atoms with Crippen molar-refractivity contribution in [2.45, 2.75) is 53.4 Å². The van der Waals surface area contributed by atoms with Crippen LogP contribution in [-0.2, 0) is 12.8 Å². The van der Waals surface area contributed by atoms with Gasteiger partial charge in [-0.15, -0.1) is 0 Å². The molecule has 1 aromatic carbocycles. The van der Waals surface area contributed by atoms with Crippen molar-refractivity contribution in [1.82, 2.24) is 0 Å². The number of ether oxygens (including phenoxy) is 2. The summed E-state index contributed by atoms with van der Waals surface area (Å²) < 4.78 is 12.5. The van der Waals surface area contributed by atoms with Crippen LogP contribution in [0.4, 0.5) is 0 Å². The van der Waals surface area contributed by atoms with Crippen molar-refractivity contribution in [3.8, 4) is 11.5 Å². The second-order valence-electron chi connectivity index (χ2n) is 7.01. The van der Waals surface area contributed by atoms with Crippen LogP contribution in [0, 0.1) is 0 Å². The Morgan fingerprint density at radius 2 is 1.21 bits per heavy atom. The molecule has 0 atom stereocenters. The minimum Gasteiger partial charge on any atom is -0.457 e. The Balaban J connectivity index is 2.02. The Kier molecular flexibility index (Phi) is 6.76. The third kappa shape index (κ3) is 4.39. The van der Waals surface area contributed by atoms with Gasteiger partial charge in [0.05, 0.1) is 0 Å². The minimum atomic E-state index is 0.879. The van der Waals surface area contributed by atoms with E-state index in [9.17, 15) is 0 Å². The van der Waals surface area contributed by atoms with Gasteiger partial charge in [0, 0.05) is 18.9 Å². The normalized spacial score (nSPS) is 22.1. The fraction of sp³-hybridized carbons (Fsp3) is 0.308. The number of fused-ring (bicyclic) bond motifs is 2. The highest BCUT2D eigenvalue weighted by atomic mass is 16.5.